The first kappa shape index (κ1) is 17.8. The summed E-state index contributed by atoms with van der Waals surface area (Å²) in [6.45, 7) is -0.552. The molecule has 0 saturated carbocycles. The van der Waals surface area contributed by atoms with Crippen LogP contribution in [0.15, 0.2) is 23.6 Å². The van der Waals surface area contributed by atoms with Crippen LogP contribution in [-0.2, 0) is 13.8 Å². The van der Waals surface area contributed by atoms with Gasteiger partial charge in [0.15, 0.2) is 6.23 Å². The van der Waals surface area contributed by atoms with Crippen molar-refractivity contribution >= 4 is 30.6 Å². The first-order valence-corrected chi connectivity index (χ1v) is 9.64. The van der Waals surface area contributed by atoms with Crippen molar-refractivity contribution in [2.24, 2.45) is 0 Å². The van der Waals surface area contributed by atoms with Crippen LogP contribution in [0, 0.1) is 0 Å². The summed E-state index contributed by atoms with van der Waals surface area (Å²) in [5, 5.41) is 21.8. The van der Waals surface area contributed by atoms with E-state index in [2.05, 4.69) is 14.5 Å². The highest BCUT2D eigenvalue weighted by Crippen LogP contribution is 2.39. The van der Waals surface area contributed by atoms with Crippen LogP contribution in [0.3, 0.4) is 0 Å². The molecule has 132 valence electrons. The molecule has 0 aliphatic carbocycles. The fourth-order valence-corrected chi connectivity index (χ4v) is 3.46. The third-order valence-corrected chi connectivity index (χ3v) is 4.88. The molecule has 1 aliphatic rings. The summed E-state index contributed by atoms with van der Waals surface area (Å²) in [6, 6.07) is 1.77. The highest BCUT2D eigenvalue weighted by atomic mass is 32.2. The van der Waals surface area contributed by atoms with Gasteiger partial charge < -0.3 is 29.3 Å². The lowest BCUT2D eigenvalue weighted by Crippen LogP contribution is -2.33. The number of phosphoric acid groups is 1. The molecule has 0 spiro atoms. The summed E-state index contributed by atoms with van der Waals surface area (Å²) in [5.74, 6) is 0. The van der Waals surface area contributed by atoms with Crippen molar-refractivity contribution in [3.8, 4) is 0 Å². The highest BCUT2D eigenvalue weighted by molar-refractivity contribution is 7.98. The van der Waals surface area contributed by atoms with Crippen LogP contribution in [0.25, 0.3) is 11.0 Å². The van der Waals surface area contributed by atoms with E-state index in [1.807, 2.05) is 6.26 Å². The zero-order valence-electron chi connectivity index (χ0n) is 12.5. The molecule has 0 aromatic carbocycles. The van der Waals surface area contributed by atoms with Gasteiger partial charge in [0, 0.05) is 6.20 Å². The summed E-state index contributed by atoms with van der Waals surface area (Å²) in [5.41, 5.74) is 0.516. The van der Waals surface area contributed by atoms with Crippen LogP contribution < -0.4 is 0 Å². The molecule has 1 aliphatic heterocycles. The standard InChI is InChI=1S/C12H16N3O7PS/c1-24-11-6-2-3-15(10(6)13-5-14-11)12-9(17)8(16)7(22-12)4-21-23(18,19)20/h2-3,5,7-9,12,16-17H,4H2,1H3,(H2,18,19,20)/t7-,8+,9-,12+/m0/s1. The third-order valence-electron chi connectivity index (χ3n) is 3.68. The van der Waals surface area contributed by atoms with Crippen LogP contribution >= 0.6 is 19.6 Å². The van der Waals surface area contributed by atoms with E-state index in [-0.39, 0.29) is 0 Å². The second kappa shape index (κ2) is 6.70. The molecule has 2 aromatic rings. The molecule has 4 N–H and O–H groups in total. The van der Waals surface area contributed by atoms with E-state index in [4.69, 9.17) is 14.5 Å². The number of hydrogen-bond donors (Lipinski definition) is 4. The minimum atomic E-state index is -4.70. The third kappa shape index (κ3) is 3.35. The minimum absolute atomic E-state index is 0.516. The summed E-state index contributed by atoms with van der Waals surface area (Å²) in [6.07, 6.45) is 0.186. The molecule has 1 saturated heterocycles. The number of aromatic nitrogens is 3. The predicted octanol–water partition coefficient (Wildman–Crippen LogP) is -0.118. The quantitative estimate of drug-likeness (QED) is 0.316. The first-order valence-electron chi connectivity index (χ1n) is 6.89. The van der Waals surface area contributed by atoms with Gasteiger partial charge >= 0.3 is 7.82 Å². The Labute approximate surface area is 140 Å². The van der Waals surface area contributed by atoms with Crippen LogP contribution in [-0.4, -0.2) is 65.7 Å². The summed E-state index contributed by atoms with van der Waals surface area (Å²) >= 11 is 1.44. The number of rotatable bonds is 5. The number of phosphoric ester groups is 1. The lowest BCUT2D eigenvalue weighted by atomic mass is 10.1. The molecule has 0 radical (unpaired) electrons. The number of aliphatic hydroxyl groups is 2. The number of hydrogen-bond acceptors (Lipinski definition) is 8. The highest BCUT2D eigenvalue weighted by Gasteiger charge is 2.44. The Bertz CT molecular complexity index is 781. The number of aliphatic hydroxyl groups excluding tert-OH is 2. The molecule has 24 heavy (non-hydrogen) atoms. The second-order valence-electron chi connectivity index (χ2n) is 5.18. The lowest BCUT2D eigenvalue weighted by Gasteiger charge is -2.17. The molecule has 3 rings (SSSR count). The van der Waals surface area contributed by atoms with E-state index < -0.39 is 39.0 Å². The lowest BCUT2D eigenvalue weighted by molar-refractivity contribution is -0.0501. The molecule has 3 heterocycles. The smallest absolute Gasteiger partial charge is 0.387 e. The van der Waals surface area contributed by atoms with Gasteiger partial charge in [0.05, 0.1) is 12.0 Å². The summed E-state index contributed by atoms with van der Waals surface area (Å²) in [4.78, 5) is 25.8. The number of fused-ring (bicyclic) bond motifs is 1. The number of thioether (sulfide) groups is 1. The van der Waals surface area contributed by atoms with E-state index in [0.717, 1.165) is 10.4 Å². The molecule has 12 heteroatoms. The molecule has 0 bridgehead atoms. The van der Waals surface area contributed by atoms with Gasteiger partial charge in [-0.05, 0) is 12.3 Å². The van der Waals surface area contributed by atoms with Crippen LogP contribution in [0.5, 0.6) is 0 Å². The first-order chi connectivity index (χ1) is 11.3. The fraction of sp³-hybridized carbons (Fsp3) is 0.500. The summed E-state index contributed by atoms with van der Waals surface area (Å²) < 4.78 is 22.2. The van der Waals surface area contributed by atoms with E-state index in [9.17, 15) is 14.8 Å². The van der Waals surface area contributed by atoms with E-state index in [1.165, 1.54) is 18.1 Å². The van der Waals surface area contributed by atoms with Crippen molar-refractivity contribution in [1.82, 2.24) is 14.5 Å². The van der Waals surface area contributed by atoms with Gasteiger partial charge in [-0.3, -0.25) is 4.52 Å². The predicted molar refractivity (Wildman–Crippen MR) is 83.2 cm³/mol. The van der Waals surface area contributed by atoms with Gasteiger partial charge in [-0.1, -0.05) is 0 Å². The van der Waals surface area contributed by atoms with Gasteiger partial charge in [-0.2, -0.15) is 0 Å². The zero-order valence-corrected chi connectivity index (χ0v) is 14.2. The normalized spacial score (nSPS) is 27.9. The van der Waals surface area contributed by atoms with Crippen molar-refractivity contribution in [2.75, 3.05) is 12.9 Å². The van der Waals surface area contributed by atoms with E-state index in [0.29, 0.717) is 5.65 Å². The van der Waals surface area contributed by atoms with Gasteiger partial charge in [-0.15, -0.1) is 11.8 Å². The van der Waals surface area contributed by atoms with Crippen molar-refractivity contribution < 1.29 is 33.8 Å². The maximum Gasteiger partial charge on any atom is 0.469 e. The maximum atomic E-state index is 10.8. The van der Waals surface area contributed by atoms with Gasteiger partial charge in [0.1, 0.15) is 35.3 Å². The number of nitrogens with zero attached hydrogens (tertiary/aromatic N) is 3. The average Bonchev–Trinajstić information content (AvgIpc) is 3.07. The molecular weight excluding hydrogens is 361 g/mol. The topological polar surface area (TPSA) is 147 Å². The molecule has 4 atom stereocenters. The van der Waals surface area contributed by atoms with E-state index in [1.54, 1.807) is 16.8 Å². The molecule has 1 fully saturated rings. The van der Waals surface area contributed by atoms with Gasteiger partial charge in [0.25, 0.3) is 0 Å². The molecular formula is C12H16N3O7PS. The Kier molecular flexibility index (Phi) is 4.96. The van der Waals surface area contributed by atoms with Crippen molar-refractivity contribution in [2.45, 2.75) is 29.6 Å². The maximum absolute atomic E-state index is 10.8. The monoisotopic (exact) mass is 377 g/mol. The van der Waals surface area contributed by atoms with Crippen LogP contribution in [0.2, 0.25) is 0 Å². The summed E-state index contributed by atoms with van der Waals surface area (Å²) in [7, 11) is -4.70. The Morgan fingerprint density at radius 2 is 2.12 bits per heavy atom. The molecule has 2 aromatic heterocycles. The molecule has 10 nitrogen and oxygen atoms in total. The van der Waals surface area contributed by atoms with Crippen LogP contribution in [0.1, 0.15) is 6.23 Å². The Morgan fingerprint density at radius 1 is 1.38 bits per heavy atom. The Morgan fingerprint density at radius 3 is 2.79 bits per heavy atom. The number of ether oxygens (including phenoxy) is 1. The minimum Gasteiger partial charge on any atom is -0.387 e. The SMILES string of the molecule is CSc1ncnc2c1ccn2[C@@H]1O[C@@H](COP(=O)(O)O)[C@@H](O)[C@@H]1O. The van der Waals surface area contributed by atoms with Crippen molar-refractivity contribution in [3.63, 3.8) is 0 Å². The zero-order chi connectivity index (χ0) is 17.5. The van der Waals surface area contributed by atoms with Gasteiger partial charge in [0.2, 0.25) is 0 Å². The average molecular weight is 377 g/mol. The van der Waals surface area contributed by atoms with E-state index >= 15 is 0 Å². The largest absolute Gasteiger partial charge is 0.469 e. The Hall–Kier alpha value is -1.04. The fourth-order valence-electron chi connectivity index (χ4n) is 2.58. The second-order valence-corrected chi connectivity index (χ2v) is 7.21. The Balaban J connectivity index is 1.86. The van der Waals surface area contributed by atoms with Crippen LogP contribution in [0.4, 0.5) is 0 Å². The van der Waals surface area contributed by atoms with Crippen molar-refractivity contribution in [1.29, 1.82) is 0 Å². The van der Waals surface area contributed by atoms with Crippen molar-refractivity contribution in [3.05, 3.63) is 18.6 Å². The molecule has 0 amide bonds. The van der Waals surface area contributed by atoms with Gasteiger partial charge in [-0.25, -0.2) is 14.5 Å². The molecule has 0 unspecified atom stereocenters.